The van der Waals surface area contributed by atoms with E-state index in [0.29, 0.717) is 6.04 Å². The van der Waals surface area contributed by atoms with Gasteiger partial charge in [0.25, 0.3) is 0 Å². The summed E-state index contributed by atoms with van der Waals surface area (Å²) in [5.41, 5.74) is 1.17. The number of hydrogen-bond acceptors (Lipinski definition) is 4. The lowest BCUT2D eigenvalue weighted by atomic mass is 10.2. The number of rotatable bonds is 4. The molecule has 0 spiro atoms. The Morgan fingerprint density at radius 2 is 2.17 bits per heavy atom. The number of nitrogens with zero attached hydrogens (tertiary/aromatic N) is 4. The van der Waals surface area contributed by atoms with E-state index >= 15 is 0 Å². The highest BCUT2D eigenvalue weighted by Gasteiger charge is 2.29. The van der Waals surface area contributed by atoms with Gasteiger partial charge in [0.2, 0.25) is 0 Å². The summed E-state index contributed by atoms with van der Waals surface area (Å²) in [6.45, 7) is 9.48. The van der Waals surface area contributed by atoms with Crippen molar-refractivity contribution in [3.63, 3.8) is 0 Å². The van der Waals surface area contributed by atoms with Crippen molar-refractivity contribution in [2.24, 2.45) is 4.99 Å². The van der Waals surface area contributed by atoms with E-state index in [9.17, 15) is 0 Å². The molecule has 0 aliphatic carbocycles. The van der Waals surface area contributed by atoms with Crippen LogP contribution in [0.3, 0.4) is 0 Å². The van der Waals surface area contributed by atoms with Gasteiger partial charge in [-0.25, -0.2) is 4.98 Å². The lowest BCUT2D eigenvalue weighted by molar-refractivity contribution is 0.259. The topological polar surface area (TPSA) is 43.8 Å². The monoisotopic (exact) mass is 333 g/mol. The molecule has 2 aliphatic heterocycles. The standard InChI is InChI=1S/C17H27N5S/c1-13-16(23-14(2)20-13)6-8-19-17(18-3)22-11-7-15(12-22)21-9-4-5-10-21/h4-5,15H,6-12H2,1-3H3,(H,18,19). The molecule has 5 nitrogen and oxygen atoms in total. The van der Waals surface area contributed by atoms with Gasteiger partial charge in [-0.3, -0.25) is 9.89 Å². The summed E-state index contributed by atoms with van der Waals surface area (Å²) in [6.07, 6.45) is 6.80. The first-order valence-electron chi connectivity index (χ1n) is 8.45. The molecule has 2 aliphatic rings. The third-order valence-corrected chi connectivity index (χ3v) is 5.81. The van der Waals surface area contributed by atoms with Crippen LogP contribution in [0.1, 0.15) is 22.0 Å². The fourth-order valence-corrected chi connectivity index (χ4v) is 4.39. The SMILES string of the molecule is CN=C(NCCc1sc(C)nc1C)N1CCC(N2CC=CC2)C1. The van der Waals surface area contributed by atoms with Crippen LogP contribution in [0.5, 0.6) is 0 Å². The Bertz CT molecular complexity index is 584. The second kappa shape index (κ2) is 7.45. The number of aliphatic imine (C=N–C) groups is 1. The molecule has 126 valence electrons. The summed E-state index contributed by atoms with van der Waals surface area (Å²) in [4.78, 5) is 15.3. The molecule has 0 bridgehead atoms. The Hall–Kier alpha value is -1.40. The molecule has 1 atom stereocenters. The number of aromatic nitrogens is 1. The zero-order valence-electron chi connectivity index (χ0n) is 14.4. The fourth-order valence-electron chi connectivity index (χ4n) is 3.45. The zero-order chi connectivity index (χ0) is 16.2. The average Bonchev–Trinajstić information content (AvgIpc) is 3.24. The minimum absolute atomic E-state index is 0.662. The first kappa shape index (κ1) is 16.5. The van der Waals surface area contributed by atoms with Crippen molar-refractivity contribution in [2.45, 2.75) is 32.7 Å². The van der Waals surface area contributed by atoms with Crippen LogP contribution in [0.25, 0.3) is 0 Å². The molecule has 3 heterocycles. The molecular weight excluding hydrogens is 306 g/mol. The summed E-state index contributed by atoms with van der Waals surface area (Å²) in [6, 6.07) is 0.662. The molecule has 1 aromatic heterocycles. The predicted octanol–water partition coefficient (Wildman–Crippen LogP) is 1.82. The minimum atomic E-state index is 0.662. The smallest absolute Gasteiger partial charge is 0.193 e. The number of hydrogen-bond donors (Lipinski definition) is 1. The van der Waals surface area contributed by atoms with Crippen molar-refractivity contribution >= 4 is 17.3 Å². The normalized spacial score (nSPS) is 22.3. The molecule has 3 rings (SSSR count). The molecule has 0 radical (unpaired) electrons. The summed E-state index contributed by atoms with van der Waals surface area (Å²) in [7, 11) is 1.88. The van der Waals surface area contributed by atoms with Crippen LogP contribution in [0.2, 0.25) is 0 Å². The average molecular weight is 334 g/mol. The summed E-state index contributed by atoms with van der Waals surface area (Å²) < 4.78 is 0. The highest BCUT2D eigenvalue weighted by molar-refractivity contribution is 7.11. The zero-order valence-corrected chi connectivity index (χ0v) is 15.2. The Morgan fingerprint density at radius 1 is 1.39 bits per heavy atom. The van der Waals surface area contributed by atoms with E-state index in [1.54, 1.807) is 11.3 Å². The van der Waals surface area contributed by atoms with Crippen molar-refractivity contribution in [3.05, 3.63) is 27.7 Å². The maximum absolute atomic E-state index is 4.50. The van der Waals surface area contributed by atoms with Crippen LogP contribution in [0.4, 0.5) is 0 Å². The highest BCUT2D eigenvalue weighted by atomic mass is 32.1. The summed E-state index contributed by atoms with van der Waals surface area (Å²) in [5, 5.41) is 4.68. The number of likely N-dealkylation sites (tertiary alicyclic amines) is 1. The van der Waals surface area contributed by atoms with Crippen LogP contribution in [-0.2, 0) is 6.42 Å². The Balaban J connectivity index is 1.47. The molecule has 23 heavy (non-hydrogen) atoms. The van der Waals surface area contributed by atoms with Gasteiger partial charge in [-0.05, 0) is 20.3 Å². The molecule has 1 aromatic rings. The van der Waals surface area contributed by atoms with E-state index in [2.05, 4.69) is 51.1 Å². The van der Waals surface area contributed by atoms with Crippen LogP contribution < -0.4 is 5.32 Å². The van der Waals surface area contributed by atoms with E-state index in [0.717, 1.165) is 50.1 Å². The fraction of sp³-hybridized carbons (Fsp3) is 0.647. The lowest BCUT2D eigenvalue weighted by Crippen LogP contribution is -2.43. The van der Waals surface area contributed by atoms with Crippen LogP contribution in [0, 0.1) is 13.8 Å². The van der Waals surface area contributed by atoms with Gasteiger partial charge < -0.3 is 10.2 Å². The second-order valence-corrected chi connectivity index (χ2v) is 7.57. The Labute approximate surface area is 143 Å². The van der Waals surface area contributed by atoms with Gasteiger partial charge in [-0.15, -0.1) is 11.3 Å². The number of guanidine groups is 1. The largest absolute Gasteiger partial charge is 0.356 e. The van der Waals surface area contributed by atoms with Crippen LogP contribution in [0.15, 0.2) is 17.1 Å². The number of thiazole rings is 1. The van der Waals surface area contributed by atoms with Gasteiger partial charge in [0, 0.05) is 57.1 Å². The predicted molar refractivity (Wildman–Crippen MR) is 97.3 cm³/mol. The van der Waals surface area contributed by atoms with Crippen molar-refractivity contribution in [3.8, 4) is 0 Å². The third kappa shape index (κ3) is 3.93. The first-order valence-corrected chi connectivity index (χ1v) is 9.26. The van der Waals surface area contributed by atoms with E-state index < -0.39 is 0 Å². The van der Waals surface area contributed by atoms with Gasteiger partial charge in [0.05, 0.1) is 10.7 Å². The maximum atomic E-state index is 4.50. The van der Waals surface area contributed by atoms with E-state index in [4.69, 9.17) is 0 Å². The van der Waals surface area contributed by atoms with Gasteiger partial charge >= 0.3 is 0 Å². The molecule has 0 aromatic carbocycles. The molecule has 1 N–H and O–H groups in total. The molecule has 0 saturated carbocycles. The lowest BCUT2D eigenvalue weighted by Gasteiger charge is -2.25. The number of nitrogens with one attached hydrogen (secondary N) is 1. The molecule has 0 amide bonds. The van der Waals surface area contributed by atoms with E-state index in [-0.39, 0.29) is 0 Å². The third-order valence-electron chi connectivity index (χ3n) is 4.67. The Kier molecular flexibility index (Phi) is 5.33. The van der Waals surface area contributed by atoms with Gasteiger partial charge in [0.15, 0.2) is 5.96 Å². The van der Waals surface area contributed by atoms with E-state index in [1.807, 2.05) is 7.05 Å². The minimum Gasteiger partial charge on any atom is -0.356 e. The van der Waals surface area contributed by atoms with Crippen molar-refractivity contribution in [1.82, 2.24) is 20.1 Å². The van der Waals surface area contributed by atoms with E-state index in [1.165, 1.54) is 17.0 Å². The quantitative estimate of drug-likeness (QED) is 0.519. The van der Waals surface area contributed by atoms with Crippen LogP contribution >= 0.6 is 11.3 Å². The Morgan fingerprint density at radius 3 is 2.83 bits per heavy atom. The molecule has 1 saturated heterocycles. The molecule has 1 fully saturated rings. The molecule has 1 unspecified atom stereocenters. The van der Waals surface area contributed by atoms with Crippen LogP contribution in [-0.4, -0.2) is 66.6 Å². The van der Waals surface area contributed by atoms with Crippen molar-refractivity contribution < 1.29 is 0 Å². The van der Waals surface area contributed by atoms with Gasteiger partial charge in [0.1, 0.15) is 0 Å². The van der Waals surface area contributed by atoms with Crippen molar-refractivity contribution in [2.75, 3.05) is 39.8 Å². The molecular formula is C17H27N5S. The maximum Gasteiger partial charge on any atom is 0.193 e. The summed E-state index contributed by atoms with van der Waals surface area (Å²) in [5.74, 6) is 1.04. The van der Waals surface area contributed by atoms with Gasteiger partial charge in [-0.1, -0.05) is 12.2 Å². The first-order chi connectivity index (χ1) is 11.2. The summed E-state index contributed by atoms with van der Waals surface area (Å²) >= 11 is 1.80. The highest BCUT2D eigenvalue weighted by Crippen LogP contribution is 2.19. The van der Waals surface area contributed by atoms with Crippen molar-refractivity contribution in [1.29, 1.82) is 0 Å². The number of aryl methyl sites for hydroxylation is 2. The second-order valence-electron chi connectivity index (χ2n) is 6.28. The molecule has 6 heteroatoms. The van der Waals surface area contributed by atoms with Gasteiger partial charge in [-0.2, -0.15) is 0 Å².